The first-order valence-electron chi connectivity index (χ1n) is 6.23. The number of amides is 1. The molecule has 1 aliphatic heterocycles. The fourth-order valence-corrected chi connectivity index (χ4v) is 2.11. The number of nitrogens with one attached hydrogen (secondary N) is 2. The average Bonchev–Trinajstić information content (AvgIpc) is 2.38. The summed E-state index contributed by atoms with van der Waals surface area (Å²) in [6.07, 6.45) is 0.210. The lowest BCUT2D eigenvalue weighted by Crippen LogP contribution is -2.36. The molecule has 104 valence electrons. The third-order valence-corrected chi connectivity index (χ3v) is 3.00. The average molecular weight is 265 g/mol. The van der Waals surface area contributed by atoms with E-state index in [2.05, 4.69) is 10.9 Å². The summed E-state index contributed by atoms with van der Waals surface area (Å²) in [5, 5.41) is 0. The molecule has 1 unspecified atom stereocenters. The van der Waals surface area contributed by atoms with Crippen molar-refractivity contribution in [1.29, 1.82) is 0 Å². The summed E-state index contributed by atoms with van der Waals surface area (Å²) in [7, 11) is 1.64. The van der Waals surface area contributed by atoms with Crippen molar-refractivity contribution in [2.45, 2.75) is 19.4 Å². The second kappa shape index (κ2) is 5.90. The zero-order valence-electron chi connectivity index (χ0n) is 11.2. The van der Waals surface area contributed by atoms with Crippen molar-refractivity contribution < 1.29 is 14.3 Å². The van der Waals surface area contributed by atoms with E-state index in [1.54, 1.807) is 7.05 Å². The fourth-order valence-electron chi connectivity index (χ4n) is 2.11. The highest BCUT2D eigenvalue weighted by Gasteiger charge is 2.19. The largest absolute Gasteiger partial charge is 0.486 e. The van der Waals surface area contributed by atoms with Gasteiger partial charge in [0, 0.05) is 19.5 Å². The van der Waals surface area contributed by atoms with Gasteiger partial charge in [-0.2, -0.15) is 0 Å². The fraction of sp³-hybridized carbons (Fsp3) is 0.462. The van der Waals surface area contributed by atoms with Gasteiger partial charge in [0.25, 0.3) is 0 Å². The number of ether oxygens (including phenoxy) is 2. The molecule has 0 bridgehead atoms. The monoisotopic (exact) mass is 265 g/mol. The molecule has 1 atom stereocenters. The quantitative estimate of drug-likeness (QED) is 0.686. The molecular weight excluding hydrogens is 246 g/mol. The summed E-state index contributed by atoms with van der Waals surface area (Å²) in [6.45, 7) is 3.04. The molecule has 0 radical (unpaired) electrons. The third kappa shape index (κ3) is 3.15. The lowest BCUT2D eigenvalue weighted by Gasteiger charge is -2.22. The zero-order chi connectivity index (χ0) is 13.8. The van der Waals surface area contributed by atoms with Crippen LogP contribution in [0.3, 0.4) is 0 Å². The molecule has 0 spiro atoms. The normalized spacial score (nSPS) is 14.9. The Bertz CT molecular complexity index is 476. The number of carbonyl (C=O) groups excluding carboxylic acids is 1. The Hall–Kier alpha value is -1.79. The number of aryl methyl sites for hydroxylation is 1. The predicted molar refractivity (Wildman–Crippen MR) is 70.9 cm³/mol. The van der Waals surface area contributed by atoms with Gasteiger partial charge in [0.15, 0.2) is 11.5 Å². The number of hydrogen-bond acceptors (Lipinski definition) is 5. The van der Waals surface area contributed by atoms with Crippen molar-refractivity contribution in [1.82, 2.24) is 10.9 Å². The molecule has 0 saturated heterocycles. The van der Waals surface area contributed by atoms with Crippen LogP contribution in [0.4, 0.5) is 0 Å². The van der Waals surface area contributed by atoms with Crippen LogP contribution in [0.2, 0.25) is 0 Å². The minimum Gasteiger partial charge on any atom is -0.486 e. The zero-order valence-corrected chi connectivity index (χ0v) is 11.2. The molecule has 1 aromatic carbocycles. The maximum atomic E-state index is 11.5. The minimum absolute atomic E-state index is 0.149. The Morgan fingerprint density at radius 1 is 1.37 bits per heavy atom. The Labute approximate surface area is 112 Å². The van der Waals surface area contributed by atoms with E-state index in [1.165, 1.54) is 0 Å². The number of nitrogens with two attached hydrogens (primary N) is 1. The van der Waals surface area contributed by atoms with Crippen molar-refractivity contribution >= 4 is 5.91 Å². The first-order chi connectivity index (χ1) is 9.11. The Morgan fingerprint density at radius 2 is 2.00 bits per heavy atom. The van der Waals surface area contributed by atoms with Gasteiger partial charge in [0.1, 0.15) is 13.2 Å². The number of hydrazine groups is 1. The first-order valence-corrected chi connectivity index (χ1v) is 6.23. The van der Waals surface area contributed by atoms with E-state index in [-0.39, 0.29) is 18.4 Å². The molecule has 0 aromatic heterocycles. The topological polar surface area (TPSA) is 85.6 Å². The van der Waals surface area contributed by atoms with Gasteiger partial charge in [0.05, 0.1) is 0 Å². The summed E-state index contributed by atoms with van der Waals surface area (Å²) < 4.78 is 11.0. The van der Waals surface area contributed by atoms with E-state index in [0.29, 0.717) is 19.0 Å². The standard InChI is InChI=1S/C13H19N3O3/c1-8-5-11-12(19-4-3-18-11)6-9(8)10(14)7-13(17)16-15-2/h5-6,10,15H,3-4,7,14H2,1-2H3,(H,16,17). The van der Waals surface area contributed by atoms with Crippen LogP contribution in [-0.4, -0.2) is 26.2 Å². The number of carbonyl (C=O) groups is 1. The molecule has 6 heteroatoms. The van der Waals surface area contributed by atoms with Crippen molar-refractivity contribution in [3.05, 3.63) is 23.3 Å². The van der Waals surface area contributed by atoms with Crippen LogP contribution >= 0.6 is 0 Å². The molecule has 6 nitrogen and oxygen atoms in total. The number of benzene rings is 1. The Morgan fingerprint density at radius 3 is 2.63 bits per heavy atom. The van der Waals surface area contributed by atoms with Gasteiger partial charge < -0.3 is 15.2 Å². The summed E-state index contributed by atoms with van der Waals surface area (Å²) in [4.78, 5) is 11.5. The van der Waals surface area contributed by atoms with Gasteiger partial charge in [-0.1, -0.05) is 0 Å². The van der Waals surface area contributed by atoms with Crippen molar-refractivity contribution in [3.63, 3.8) is 0 Å². The van der Waals surface area contributed by atoms with Gasteiger partial charge in [-0.15, -0.1) is 0 Å². The second-order valence-corrected chi connectivity index (χ2v) is 4.46. The highest BCUT2D eigenvalue weighted by Crippen LogP contribution is 2.35. The maximum absolute atomic E-state index is 11.5. The molecule has 1 heterocycles. The van der Waals surface area contributed by atoms with Gasteiger partial charge >= 0.3 is 0 Å². The Balaban J connectivity index is 2.17. The molecule has 19 heavy (non-hydrogen) atoms. The van der Waals surface area contributed by atoms with Gasteiger partial charge in [-0.25, -0.2) is 5.43 Å². The van der Waals surface area contributed by atoms with E-state index in [1.807, 2.05) is 19.1 Å². The summed E-state index contributed by atoms with van der Waals surface area (Å²) in [6, 6.07) is 3.39. The molecule has 1 aromatic rings. The van der Waals surface area contributed by atoms with Crippen molar-refractivity contribution in [2.75, 3.05) is 20.3 Å². The van der Waals surface area contributed by atoms with Crippen LogP contribution in [0.15, 0.2) is 12.1 Å². The summed E-state index contributed by atoms with van der Waals surface area (Å²) >= 11 is 0. The molecular formula is C13H19N3O3. The van der Waals surface area contributed by atoms with E-state index in [0.717, 1.165) is 16.9 Å². The highest BCUT2D eigenvalue weighted by molar-refractivity contribution is 5.76. The molecule has 0 fully saturated rings. The van der Waals surface area contributed by atoms with E-state index >= 15 is 0 Å². The number of hydrogen-bond donors (Lipinski definition) is 3. The van der Waals surface area contributed by atoms with Crippen LogP contribution in [0.25, 0.3) is 0 Å². The Kier molecular flexibility index (Phi) is 4.24. The first kappa shape index (κ1) is 13.6. The maximum Gasteiger partial charge on any atom is 0.235 e. The van der Waals surface area contributed by atoms with E-state index in [9.17, 15) is 4.79 Å². The third-order valence-electron chi connectivity index (χ3n) is 3.00. The molecule has 0 saturated carbocycles. The van der Waals surface area contributed by atoms with Crippen LogP contribution in [-0.2, 0) is 4.79 Å². The number of fused-ring (bicyclic) bond motifs is 1. The highest BCUT2D eigenvalue weighted by atomic mass is 16.6. The molecule has 4 N–H and O–H groups in total. The van der Waals surface area contributed by atoms with Crippen molar-refractivity contribution in [2.24, 2.45) is 5.73 Å². The minimum atomic E-state index is -0.371. The lowest BCUT2D eigenvalue weighted by molar-refractivity contribution is -0.122. The van der Waals surface area contributed by atoms with Gasteiger partial charge in [-0.05, 0) is 30.2 Å². The molecule has 1 aliphatic rings. The second-order valence-electron chi connectivity index (χ2n) is 4.46. The van der Waals surface area contributed by atoms with E-state index in [4.69, 9.17) is 15.2 Å². The predicted octanol–water partition coefficient (Wildman–Crippen LogP) is 0.407. The molecule has 2 rings (SSSR count). The number of rotatable bonds is 4. The lowest BCUT2D eigenvalue weighted by atomic mass is 9.98. The molecule has 0 aliphatic carbocycles. The molecule has 1 amide bonds. The smallest absolute Gasteiger partial charge is 0.235 e. The van der Waals surface area contributed by atoms with Crippen LogP contribution in [0.1, 0.15) is 23.6 Å². The SMILES string of the molecule is CNNC(=O)CC(N)c1cc2c(cc1C)OCCO2. The summed E-state index contributed by atoms with van der Waals surface area (Å²) in [5.41, 5.74) is 13.1. The van der Waals surface area contributed by atoms with Gasteiger partial charge in [-0.3, -0.25) is 10.2 Å². The summed E-state index contributed by atoms with van der Waals surface area (Å²) in [5.74, 6) is 1.28. The van der Waals surface area contributed by atoms with Crippen LogP contribution in [0, 0.1) is 6.92 Å². The van der Waals surface area contributed by atoms with Crippen molar-refractivity contribution in [3.8, 4) is 11.5 Å². The van der Waals surface area contributed by atoms with Crippen LogP contribution < -0.4 is 26.1 Å². The van der Waals surface area contributed by atoms with Crippen LogP contribution in [0.5, 0.6) is 11.5 Å². The van der Waals surface area contributed by atoms with Gasteiger partial charge in [0.2, 0.25) is 5.91 Å². The van der Waals surface area contributed by atoms with E-state index < -0.39 is 0 Å².